The van der Waals surface area contributed by atoms with Crippen LogP contribution in [0.25, 0.3) is 0 Å². The minimum absolute atomic E-state index is 0.0642. The van der Waals surface area contributed by atoms with Crippen molar-refractivity contribution in [1.29, 1.82) is 0 Å². The Kier molecular flexibility index (Phi) is 10.6. The zero-order valence-corrected chi connectivity index (χ0v) is 23.3. The van der Waals surface area contributed by atoms with Crippen LogP contribution in [-0.4, -0.2) is 57.1 Å². The summed E-state index contributed by atoms with van der Waals surface area (Å²) in [6, 6.07) is 11.3. The molecule has 0 spiro atoms. The van der Waals surface area contributed by atoms with Crippen molar-refractivity contribution in [3.63, 3.8) is 0 Å². The number of methoxy groups -OCH3 is 1. The molecule has 0 aliphatic rings. The average molecular weight is 538 g/mol. The van der Waals surface area contributed by atoms with Crippen LogP contribution in [-0.2, 0) is 26.2 Å². The Morgan fingerprint density at radius 2 is 1.81 bits per heavy atom. The zero-order chi connectivity index (χ0) is 27.0. The van der Waals surface area contributed by atoms with Gasteiger partial charge in [-0.2, -0.15) is 0 Å². The molecule has 2 aromatic rings. The largest absolute Gasteiger partial charge is 0.495 e. The van der Waals surface area contributed by atoms with E-state index in [9.17, 15) is 18.0 Å². The molecule has 0 aromatic heterocycles. The van der Waals surface area contributed by atoms with Crippen molar-refractivity contribution in [3.8, 4) is 5.75 Å². The number of hydrogen-bond acceptors (Lipinski definition) is 5. The van der Waals surface area contributed by atoms with Crippen LogP contribution in [0.15, 0.2) is 42.5 Å². The van der Waals surface area contributed by atoms with Gasteiger partial charge in [-0.1, -0.05) is 55.3 Å². The van der Waals surface area contributed by atoms with Gasteiger partial charge in [-0.25, -0.2) is 8.42 Å². The standard InChI is InChI=1S/C26H36ClN3O5S/c1-7-19(4)28-26(32)22(8-2)29(16-20-11-9-10-18(3)14-20)25(31)17-30(36(6,33)34)23-15-21(27)12-13-24(23)35-5/h9-15,19,22H,7-8,16-17H2,1-6H3,(H,28,32)/t19-,22+/m0/s1. The van der Waals surface area contributed by atoms with E-state index in [1.54, 1.807) is 12.1 Å². The Bertz CT molecular complexity index is 1170. The number of benzene rings is 2. The van der Waals surface area contributed by atoms with Crippen molar-refractivity contribution >= 4 is 39.1 Å². The summed E-state index contributed by atoms with van der Waals surface area (Å²) in [5.41, 5.74) is 2.00. The monoisotopic (exact) mass is 537 g/mol. The van der Waals surface area contributed by atoms with Crippen molar-refractivity contribution in [2.24, 2.45) is 0 Å². The minimum atomic E-state index is -3.90. The normalized spacial score (nSPS) is 13.0. The predicted molar refractivity (Wildman–Crippen MR) is 144 cm³/mol. The van der Waals surface area contributed by atoms with Gasteiger partial charge in [0.15, 0.2) is 0 Å². The number of hydrogen-bond donors (Lipinski definition) is 1. The number of amides is 2. The van der Waals surface area contributed by atoms with E-state index in [1.807, 2.05) is 52.0 Å². The SMILES string of the molecule is CC[C@H](C(=O)N[C@@H](C)CC)N(Cc1cccc(C)c1)C(=O)CN(c1cc(Cl)ccc1OC)S(C)(=O)=O. The first-order valence-electron chi connectivity index (χ1n) is 11.9. The summed E-state index contributed by atoms with van der Waals surface area (Å²) >= 11 is 6.14. The van der Waals surface area contributed by atoms with E-state index in [4.69, 9.17) is 16.3 Å². The van der Waals surface area contributed by atoms with Gasteiger partial charge in [-0.3, -0.25) is 13.9 Å². The van der Waals surface area contributed by atoms with E-state index in [0.717, 1.165) is 28.1 Å². The third kappa shape index (κ3) is 7.86. The highest BCUT2D eigenvalue weighted by Gasteiger charge is 2.33. The number of ether oxygens (including phenoxy) is 1. The third-order valence-electron chi connectivity index (χ3n) is 5.91. The molecule has 198 valence electrons. The minimum Gasteiger partial charge on any atom is -0.495 e. The maximum Gasteiger partial charge on any atom is 0.244 e. The zero-order valence-electron chi connectivity index (χ0n) is 21.7. The van der Waals surface area contributed by atoms with Crippen LogP contribution in [0, 0.1) is 6.92 Å². The molecule has 10 heteroatoms. The molecule has 0 unspecified atom stereocenters. The molecule has 2 atom stereocenters. The molecule has 0 aliphatic heterocycles. The molecule has 0 bridgehead atoms. The van der Waals surface area contributed by atoms with E-state index >= 15 is 0 Å². The summed E-state index contributed by atoms with van der Waals surface area (Å²) in [5.74, 6) is -0.543. The molecule has 2 amide bonds. The second-order valence-electron chi connectivity index (χ2n) is 8.84. The first-order valence-corrected chi connectivity index (χ1v) is 14.1. The van der Waals surface area contributed by atoms with Crippen LogP contribution < -0.4 is 14.4 Å². The summed E-state index contributed by atoms with van der Waals surface area (Å²) in [6.07, 6.45) is 2.11. The number of carbonyl (C=O) groups excluding carboxylic acids is 2. The van der Waals surface area contributed by atoms with Crippen LogP contribution in [0.1, 0.15) is 44.7 Å². The lowest BCUT2D eigenvalue weighted by Gasteiger charge is -2.33. The number of rotatable bonds is 12. The highest BCUT2D eigenvalue weighted by molar-refractivity contribution is 7.92. The van der Waals surface area contributed by atoms with Gasteiger partial charge in [0, 0.05) is 17.6 Å². The molecular formula is C26H36ClN3O5S. The number of halogens is 1. The summed E-state index contributed by atoms with van der Waals surface area (Å²) in [5, 5.41) is 3.25. The number of nitrogens with one attached hydrogen (secondary N) is 1. The fourth-order valence-corrected chi connectivity index (χ4v) is 4.83. The van der Waals surface area contributed by atoms with E-state index in [1.165, 1.54) is 18.1 Å². The molecule has 0 fully saturated rings. The fourth-order valence-electron chi connectivity index (χ4n) is 3.82. The Morgan fingerprint density at radius 3 is 2.36 bits per heavy atom. The van der Waals surface area contributed by atoms with Crippen molar-refractivity contribution in [2.75, 3.05) is 24.2 Å². The Morgan fingerprint density at radius 1 is 1.11 bits per heavy atom. The molecule has 0 saturated carbocycles. The van der Waals surface area contributed by atoms with E-state index in [2.05, 4.69) is 5.32 Å². The summed E-state index contributed by atoms with van der Waals surface area (Å²) < 4.78 is 31.9. The van der Waals surface area contributed by atoms with Crippen LogP contribution in [0.5, 0.6) is 5.75 Å². The topological polar surface area (TPSA) is 96.0 Å². The fraction of sp³-hybridized carbons (Fsp3) is 0.462. The molecule has 0 radical (unpaired) electrons. The summed E-state index contributed by atoms with van der Waals surface area (Å²) in [4.78, 5) is 28.4. The number of sulfonamides is 1. The van der Waals surface area contributed by atoms with Gasteiger partial charge in [-0.05, 0) is 50.5 Å². The highest BCUT2D eigenvalue weighted by Crippen LogP contribution is 2.33. The smallest absolute Gasteiger partial charge is 0.244 e. The van der Waals surface area contributed by atoms with Crippen LogP contribution in [0.2, 0.25) is 5.02 Å². The maximum absolute atomic E-state index is 13.8. The van der Waals surface area contributed by atoms with Crippen LogP contribution >= 0.6 is 11.6 Å². The number of carbonyl (C=O) groups is 2. The van der Waals surface area contributed by atoms with Crippen LogP contribution in [0.4, 0.5) is 5.69 Å². The molecule has 8 nitrogen and oxygen atoms in total. The van der Waals surface area contributed by atoms with Crippen molar-refractivity contribution in [3.05, 3.63) is 58.6 Å². The lowest BCUT2D eigenvalue weighted by atomic mass is 10.1. The van der Waals surface area contributed by atoms with Crippen molar-refractivity contribution in [1.82, 2.24) is 10.2 Å². The second-order valence-corrected chi connectivity index (χ2v) is 11.2. The summed E-state index contributed by atoms with van der Waals surface area (Å²) in [7, 11) is -2.50. The van der Waals surface area contributed by atoms with Gasteiger partial charge in [0.1, 0.15) is 18.3 Å². The Labute approximate surface area is 219 Å². The van der Waals surface area contributed by atoms with Gasteiger partial charge in [0.25, 0.3) is 0 Å². The maximum atomic E-state index is 13.8. The molecule has 1 N–H and O–H groups in total. The molecule has 0 aliphatic carbocycles. The third-order valence-corrected chi connectivity index (χ3v) is 7.27. The van der Waals surface area contributed by atoms with E-state index in [0.29, 0.717) is 11.4 Å². The first kappa shape index (κ1) is 29.5. The molecule has 0 heterocycles. The van der Waals surface area contributed by atoms with Gasteiger partial charge < -0.3 is 15.0 Å². The molecule has 36 heavy (non-hydrogen) atoms. The van der Waals surface area contributed by atoms with Crippen LogP contribution in [0.3, 0.4) is 0 Å². The van der Waals surface area contributed by atoms with E-state index < -0.39 is 28.5 Å². The van der Waals surface area contributed by atoms with E-state index in [-0.39, 0.29) is 29.9 Å². The molecule has 2 rings (SSSR count). The van der Waals surface area contributed by atoms with Gasteiger partial charge in [0.2, 0.25) is 21.8 Å². The highest BCUT2D eigenvalue weighted by atomic mass is 35.5. The lowest BCUT2D eigenvalue weighted by molar-refractivity contribution is -0.140. The Balaban J connectivity index is 2.51. The lowest BCUT2D eigenvalue weighted by Crippen LogP contribution is -2.53. The number of nitrogens with zero attached hydrogens (tertiary/aromatic N) is 2. The molecule has 2 aromatic carbocycles. The quantitative estimate of drug-likeness (QED) is 0.439. The van der Waals surface area contributed by atoms with Gasteiger partial charge in [0.05, 0.1) is 19.1 Å². The number of aryl methyl sites for hydroxylation is 1. The van der Waals surface area contributed by atoms with Crippen molar-refractivity contribution < 1.29 is 22.7 Å². The van der Waals surface area contributed by atoms with Gasteiger partial charge >= 0.3 is 0 Å². The second kappa shape index (κ2) is 13.0. The molecule has 0 saturated heterocycles. The van der Waals surface area contributed by atoms with Gasteiger partial charge in [-0.15, -0.1) is 0 Å². The number of anilines is 1. The molecular weight excluding hydrogens is 502 g/mol. The summed E-state index contributed by atoms with van der Waals surface area (Å²) in [6.45, 7) is 7.26. The predicted octanol–water partition coefficient (Wildman–Crippen LogP) is 4.15. The average Bonchev–Trinajstić information content (AvgIpc) is 2.81. The van der Waals surface area contributed by atoms with Crippen molar-refractivity contribution in [2.45, 2.75) is 59.2 Å². The Hall–Kier alpha value is -2.78. The first-order chi connectivity index (χ1) is 16.9.